The van der Waals surface area contributed by atoms with Crippen LogP contribution in [0.1, 0.15) is 11.1 Å². The van der Waals surface area contributed by atoms with Gasteiger partial charge in [-0.05, 0) is 36.4 Å². The first-order valence-electron chi connectivity index (χ1n) is 8.35. The van der Waals surface area contributed by atoms with Crippen molar-refractivity contribution in [3.63, 3.8) is 0 Å². The van der Waals surface area contributed by atoms with Crippen LogP contribution in [0, 0.1) is 0 Å². The van der Waals surface area contributed by atoms with E-state index < -0.39 is 41.8 Å². The summed E-state index contributed by atoms with van der Waals surface area (Å²) >= 11 is 5.83. The van der Waals surface area contributed by atoms with Crippen molar-refractivity contribution in [1.29, 1.82) is 0 Å². The van der Waals surface area contributed by atoms with Crippen LogP contribution in [0.2, 0.25) is 5.02 Å². The molecule has 4 amide bonds. The number of anilines is 1. The number of carbonyl (C=O) groups is 3. The summed E-state index contributed by atoms with van der Waals surface area (Å²) in [5.41, 5.74) is -1.65. The Morgan fingerprint density at radius 2 is 1.90 bits per heavy atom. The lowest BCUT2D eigenvalue weighted by molar-refractivity contribution is -0.137. The van der Waals surface area contributed by atoms with Crippen molar-refractivity contribution in [2.45, 2.75) is 6.18 Å². The van der Waals surface area contributed by atoms with Gasteiger partial charge in [0.25, 0.3) is 5.91 Å². The van der Waals surface area contributed by atoms with Crippen molar-refractivity contribution in [3.05, 3.63) is 64.3 Å². The van der Waals surface area contributed by atoms with E-state index in [-0.39, 0.29) is 22.0 Å². The molecule has 7 nitrogen and oxygen atoms in total. The Morgan fingerprint density at radius 3 is 2.60 bits per heavy atom. The maximum Gasteiger partial charge on any atom is 0.418 e. The Labute approximate surface area is 172 Å². The first-order chi connectivity index (χ1) is 14.1. The molecule has 11 heteroatoms. The average molecular weight is 440 g/mol. The molecular formula is C19H13ClF3N3O4. The predicted octanol–water partition coefficient (Wildman–Crippen LogP) is 3.60. The number of hydrogen-bond acceptors (Lipinski definition) is 4. The zero-order valence-electron chi connectivity index (χ0n) is 15.0. The molecule has 30 heavy (non-hydrogen) atoms. The molecular weight excluding hydrogens is 427 g/mol. The molecule has 2 aromatic rings. The molecule has 0 unspecified atom stereocenters. The Morgan fingerprint density at radius 1 is 1.20 bits per heavy atom. The van der Waals surface area contributed by atoms with E-state index in [9.17, 15) is 32.7 Å². The number of phenolic OH excluding ortho intramolecular Hbond substituents is 1. The van der Waals surface area contributed by atoms with Gasteiger partial charge in [0.2, 0.25) is 5.91 Å². The SMILES string of the molecule is O=C(CN1C(=O)N/C(=C\c2cc(Cl)ccc2O)C1=O)Nc1ccccc1C(F)(F)F. The van der Waals surface area contributed by atoms with E-state index in [1.54, 1.807) is 0 Å². The summed E-state index contributed by atoms with van der Waals surface area (Å²) in [6.45, 7) is -0.810. The van der Waals surface area contributed by atoms with Crippen molar-refractivity contribution < 1.29 is 32.7 Å². The third kappa shape index (κ3) is 4.54. The van der Waals surface area contributed by atoms with Crippen LogP contribution in [0.5, 0.6) is 5.75 Å². The van der Waals surface area contributed by atoms with Crippen LogP contribution in [0.4, 0.5) is 23.7 Å². The second-order valence-electron chi connectivity index (χ2n) is 6.17. The van der Waals surface area contributed by atoms with E-state index in [4.69, 9.17) is 11.6 Å². The first-order valence-corrected chi connectivity index (χ1v) is 8.73. The number of urea groups is 1. The minimum Gasteiger partial charge on any atom is -0.507 e. The monoisotopic (exact) mass is 439 g/mol. The summed E-state index contributed by atoms with van der Waals surface area (Å²) in [4.78, 5) is 37.2. The number of halogens is 4. The van der Waals surface area contributed by atoms with Gasteiger partial charge >= 0.3 is 12.2 Å². The summed E-state index contributed by atoms with van der Waals surface area (Å²) in [5, 5.41) is 14.4. The van der Waals surface area contributed by atoms with Crippen LogP contribution in [-0.2, 0) is 15.8 Å². The van der Waals surface area contributed by atoms with Crippen LogP contribution >= 0.6 is 11.6 Å². The number of nitrogens with zero attached hydrogens (tertiary/aromatic N) is 1. The third-order valence-corrected chi connectivity index (χ3v) is 4.30. The number of alkyl halides is 3. The van der Waals surface area contributed by atoms with E-state index in [0.717, 1.165) is 24.3 Å². The maximum absolute atomic E-state index is 13.0. The molecule has 0 bridgehead atoms. The lowest BCUT2D eigenvalue weighted by atomic mass is 10.1. The van der Waals surface area contributed by atoms with Crippen LogP contribution in [0.25, 0.3) is 6.08 Å². The fraction of sp³-hybridized carbons (Fsp3) is 0.105. The highest BCUT2D eigenvalue weighted by Crippen LogP contribution is 2.34. The van der Waals surface area contributed by atoms with E-state index >= 15 is 0 Å². The van der Waals surface area contributed by atoms with Crippen LogP contribution < -0.4 is 10.6 Å². The molecule has 1 heterocycles. The van der Waals surface area contributed by atoms with Crippen molar-refractivity contribution in [2.24, 2.45) is 0 Å². The van der Waals surface area contributed by atoms with E-state index in [1.165, 1.54) is 24.3 Å². The molecule has 0 spiro atoms. The Hall–Kier alpha value is -3.53. The van der Waals surface area contributed by atoms with Crippen molar-refractivity contribution in [1.82, 2.24) is 10.2 Å². The second-order valence-corrected chi connectivity index (χ2v) is 6.61. The average Bonchev–Trinajstić information content (AvgIpc) is 2.91. The molecule has 1 aliphatic rings. The zero-order valence-corrected chi connectivity index (χ0v) is 15.7. The zero-order chi connectivity index (χ0) is 22.1. The number of carbonyl (C=O) groups excluding carboxylic acids is 3. The fourth-order valence-corrected chi connectivity index (χ4v) is 2.86. The number of aromatic hydroxyl groups is 1. The van der Waals surface area contributed by atoms with Gasteiger partial charge in [0.05, 0.1) is 11.3 Å². The number of benzene rings is 2. The van der Waals surface area contributed by atoms with Gasteiger partial charge in [0, 0.05) is 10.6 Å². The summed E-state index contributed by atoms with van der Waals surface area (Å²) < 4.78 is 39.1. The van der Waals surface area contributed by atoms with E-state index in [0.29, 0.717) is 4.90 Å². The highest BCUT2D eigenvalue weighted by atomic mass is 35.5. The molecule has 0 saturated carbocycles. The number of phenols is 1. The van der Waals surface area contributed by atoms with Gasteiger partial charge in [-0.3, -0.25) is 9.59 Å². The third-order valence-electron chi connectivity index (χ3n) is 4.06. The molecule has 1 saturated heterocycles. The maximum atomic E-state index is 13.0. The van der Waals surface area contributed by atoms with Gasteiger partial charge < -0.3 is 15.7 Å². The van der Waals surface area contributed by atoms with Gasteiger partial charge in [-0.2, -0.15) is 13.2 Å². The number of para-hydroxylation sites is 1. The van der Waals surface area contributed by atoms with Crippen molar-refractivity contribution in [3.8, 4) is 5.75 Å². The molecule has 2 aromatic carbocycles. The van der Waals surface area contributed by atoms with Gasteiger partial charge in [-0.1, -0.05) is 23.7 Å². The number of hydrogen-bond donors (Lipinski definition) is 3. The summed E-state index contributed by atoms with van der Waals surface area (Å²) in [6.07, 6.45) is -3.53. The summed E-state index contributed by atoms with van der Waals surface area (Å²) in [6, 6.07) is 7.44. The molecule has 1 fully saturated rings. The summed E-state index contributed by atoms with van der Waals surface area (Å²) in [5.74, 6) is -2.09. The Balaban J connectivity index is 1.76. The second kappa shape index (κ2) is 8.07. The lowest BCUT2D eigenvalue weighted by Crippen LogP contribution is -2.38. The van der Waals surface area contributed by atoms with Gasteiger partial charge in [-0.25, -0.2) is 9.69 Å². The highest BCUT2D eigenvalue weighted by molar-refractivity contribution is 6.30. The first kappa shape index (κ1) is 21.2. The van der Waals surface area contributed by atoms with Gasteiger partial charge in [0.15, 0.2) is 0 Å². The van der Waals surface area contributed by atoms with Crippen LogP contribution in [-0.4, -0.2) is 34.4 Å². The number of amides is 4. The predicted molar refractivity (Wildman–Crippen MR) is 101 cm³/mol. The molecule has 156 valence electrons. The Bertz CT molecular complexity index is 1070. The smallest absolute Gasteiger partial charge is 0.418 e. The quantitative estimate of drug-likeness (QED) is 0.501. The lowest BCUT2D eigenvalue weighted by Gasteiger charge is -2.15. The minimum absolute atomic E-state index is 0.150. The number of imide groups is 1. The molecule has 0 aromatic heterocycles. The topological polar surface area (TPSA) is 98.7 Å². The Kier molecular flexibility index (Phi) is 5.70. The van der Waals surface area contributed by atoms with E-state index in [2.05, 4.69) is 10.6 Å². The number of rotatable bonds is 4. The van der Waals surface area contributed by atoms with Crippen molar-refractivity contribution >= 4 is 41.2 Å². The molecule has 3 rings (SSSR count). The van der Waals surface area contributed by atoms with E-state index in [1.807, 2.05) is 0 Å². The molecule has 0 aliphatic carbocycles. The largest absolute Gasteiger partial charge is 0.507 e. The molecule has 0 atom stereocenters. The van der Waals surface area contributed by atoms with Crippen molar-refractivity contribution in [2.75, 3.05) is 11.9 Å². The van der Waals surface area contributed by atoms with Crippen LogP contribution in [0.15, 0.2) is 48.2 Å². The van der Waals surface area contributed by atoms with Crippen LogP contribution in [0.3, 0.4) is 0 Å². The minimum atomic E-state index is -4.69. The van der Waals surface area contributed by atoms with Gasteiger partial charge in [-0.15, -0.1) is 0 Å². The number of nitrogens with one attached hydrogen (secondary N) is 2. The fourth-order valence-electron chi connectivity index (χ4n) is 2.68. The molecule has 0 radical (unpaired) electrons. The van der Waals surface area contributed by atoms with Gasteiger partial charge in [0.1, 0.15) is 18.0 Å². The summed E-state index contributed by atoms with van der Waals surface area (Å²) in [7, 11) is 0. The standard InChI is InChI=1S/C19H13ClF3N3O4/c20-11-5-6-15(27)10(7-11)8-14-17(29)26(18(30)25-14)9-16(28)24-13-4-2-1-3-12(13)19(21,22)23/h1-8,27H,9H2,(H,24,28)(H,25,30)/b14-8-. The normalized spacial score (nSPS) is 15.5. The highest BCUT2D eigenvalue weighted by Gasteiger charge is 2.36. The molecule has 3 N–H and O–H groups in total. The molecule has 1 aliphatic heterocycles.